The Bertz CT molecular complexity index is 315. The first kappa shape index (κ1) is 10.4. The molecule has 1 rings (SSSR count). The summed E-state index contributed by atoms with van der Waals surface area (Å²) < 4.78 is 4.77. The van der Waals surface area contributed by atoms with Gasteiger partial charge < -0.3 is 10.1 Å². The molecular formula is C9H13N3O2. The molecule has 0 aromatic carbocycles. The summed E-state index contributed by atoms with van der Waals surface area (Å²) in [5.41, 5.74) is 0. The van der Waals surface area contributed by atoms with Crippen molar-refractivity contribution in [1.29, 1.82) is 0 Å². The second-order valence-electron chi connectivity index (χ2n) is 2.52. The van der Waals surface area contributed by atoms with Crippen molar-refractivity contribution in [3.8, 4) is 0 Å². The molecule has 1 N–H and O–H groups in total. The number of anilines is 1. The lowest BCUT2D eigenvalue weighted by atomic mass is 10.5. The monoisotopic (exact) mass is 195 g/mol. The number of hydrogen-bond acceptors (Lipinski definition) is 5. The molecule has 1 aromatic rings. The zero-order chi connectivity index (χ0) is 10.4. The summed E-state index contributed by atoms with van der Waals surface area (Å²) >= 11 is 0. The molecular weight excluding hydrogens is 182 g/mol. The summed E-state index contributed by atoms with van der Waals surface area (Å²) in [7, 11) is 0. The van der Waals surface area contributed by atoms with Crippen LogP contribution in [0.25, 0.3) is 0 Å². The van der Waals surface area contributed by atoms with Crippen LogP contribution in [0, 0.1) is 0 Å². The zero-order valence-electron chi connectivity index (χ0n) is 8.28. The molecule has 0 aliphatic rings. The summed E-state index contributed by atoms with van der Waals surface area (Å²) in [6.07, 6.45) is 1.53. The molecule has 0 radical (unpaired) electrons. The fourth-order valence-corrected chi connectivity index (χ4v) is 0.932. The standard InChI is InChI=1S/C9H13N3O2/c1-3-10-7-5-6-11-8(12-7)9(13)14-4-2/h5-6H,3-4H2,1-2H3,(H,10,11,12). The molecule has 0 atom stereocenters. The first-order valence-corrected chi connectivity index (χ1v) is 4.52. The summed E-state index contributed by atoms with van der Waals surface area (Å²) in [5, 5.41) is 2.99. The number of rotatable bonds is 4. The quantitative estimate of drug-likeness (QED) is 0.728. The van der Waals surface area contributed by atoms with Gasteiger partial charge >= 0.3 is 5.97 Å². The van der Waals surface area contributed by atoms with Crippen molar-refractivity contribution < 1.29 is 9.53 Å². The van der Waals surface area contributed by atoms with Gasteiger partial charge in [0.2, 0.25) is 5.82 Å². The molecule has 76 valence electrons. The number of carbonyl (C=O) groups is 1. The van der Waals surface area contributed by atoms with E-state index in [0.29, 0.717) is 12.4 Å². The van der Waals surface area contributed by atoms with E-state index in [0.717, 1.165) is 6.54 Å². The molecule has 0 saturated heterocycles. The predicted molar refractivity (Wildman–Crippen MR) is 52.2 cm³/mol. The van der Waals surface area contributed by atoms with Gasteiger partial charge in [-0.1, -0.05) is 0 Å². The van der Waals surface area contributed by atoms with E-state index < -0.39 is 5.97 Å². The Morgan fingerprint density at radius 2 is 2.36 bits per heavy atom. The average molecular weight is 195 g/mol. The van der Waals surface area contributed by atoms with Gasteiger partial charge in [0, 0.05) is 12.7 Å². The lowest BCUT2D eigenvalue weighted by molar-refractivity contribution is 0.0512. The fourth-order valence-electron chi connectivity index (χ4n) is 0.932. The number of nitrogens with one attached hydrogen (secondary N) is 1. The average Bonchev–Trinajstić information content (AvgIpc) is 2.19. The third kappa shape index (κ3) is 2.69. The van der Waals surface area contributed by atoms with E-state index in [4.69, 9.17) is 4.74 Å². The Kier molecular flexibility index (Phi) is 3.84. The number of hydrogen-bond donors (Lipinski definition) is 1. The third-order valence-corrected chi connectivity index (χ3v) is 1.47. The van der Waals surface area contributed by atoms with Crippen LogP contribution in [0.5, 0.6) is 0 Å². The van der Waals surface area contributed by atoms with Crippen LogP contribution in [0.2, 0.25) is 0 Å². The Labute approximate surface area is 82.5 Å². The summed E-state index contributed by atoms with van der Waals surface area (Å²) in [5.74, 6) is 0.225. The minimum Gasteiger partial charge on any atom is -0.460 e. The second-order valence-corrected chi connectivity index (χ2v) is 2.52. The number of nitrogens with zero attached hydrogens (tertiary/aromatic N) is 2. The fraction of sp³-hybridized carbons (Fsp3) is 0.444. The van der Waals surface area contributed by atoms with Crippen molar-refractivity contribution in [3.05, 3.63) is 18.1 Å². The van der Waals surface area contributed by atoms with E-state index >= 15 is 0 Å². The highest BCUT2D eigenvalue weighted by Crippen LogP contribution is 2.02. The van der Waals surface area contributed by atoms with Crippen molar-refractivity contribution in [3.63, 3.8) is 0 Å². The van der Waals surface area contributed by atoms with Crippen molar-refractivity contribution in [1.82, 2.24) is 9.97 Å². The minimum atomic E-state index is -0.493. The van der Waals surface area contributed by atoms with Gasteiger partial charge in [0.1, 0.15) is 5.82 Å². The molecule has 0 fully saturated rings. The second kappa shape index (κ2) is 5.16. The van der Waals surface area contributed by atoms with Gasteiger partial charge in [-0.15, -0.1) is 0 Å². The van der Waals surface area contributed by atoms with E-state index in [2.05, 4.69) is 15.3 Å². The van der Waals surface area contributed by atoms with Crippen LogP contribution in [0.15, 0.2) is 12.3 Å². The van der Waals surface area contributed by atoms with Crippen LogP contribution in [0.4, 0.5) is 5.82 Å². The van der Waals surface area contributed by atoms with E-state index in [1.807, 2.05) is 6.92 Å². The van der Waals surface area contributed by atoms with Crippen LogP contribution >= 0.6 is 0 Å². The largest absolute Gasteiger partial charge is 0.460 e. The number of carbonyl (C=O) groups excluding carboxylic acids is 1. The highest BCUT2D eigenvalue weighted by Gasteiger charge is 2.09. The summed E-state index contributed by atoms with van der Waals surface area (Å²) in [6, 6.07) is 1.70. The van der Waals surface area contributed by atoms with Crippen molar-refractivity contribution >= 4 is 11.8 Å². The van der Waals surface area contributed by atoms with Crippen LogP contribution in [-0.2, 0) is 4.74 Å². The smallest absolute Gasteiger partial charge is 0.376 e. The van der Waals surface area contributed by atoms with Gasteiger partial charge in [0.05, 0.1) is 6.61 Å². The molecule has 5 nitrogen and oxygen atoms in total. The maximum absolute atomic E-state index is 11.2. The molecule has 0 unspecified atom stereocenters. The van der Waals surface area contributed by atoms with E-state index in [9.17, 15) is 4.79 Å². The normalized spacial score (nSPS) is 9.57. The molecule has 1 heterocycles. The van der Waals surface area contributed by atoms with Crippen molar-refractivity contribution in [2.24, 2.45) is 0 Å². The van der Waals surface area contributed by atoms with Gasteiger partial charge in [-0.25, -0.2) is 14.8 Å². The molecule has 5 heteroatoms. The molecule has 0 bridgehead atoms. The molecule has 1 aromatic heterocycles. The summed E-state index contributed by atoms with van der Waals surface area (Å²) in [4.78, 5) is 19.0. The van der Waals surface area contributed by atoms with Crippen LogP contribution < -0.4 is 5.32 Å². The van der Waals surface area contributed by atoms with Gasteiger partial charge in [-0.2, -0.15) is 0 Å². The van der Waals surface area contributed by atoms with E-state index in [1.54, 1.807) is 13.0 Å². The van der Waals surface area contributed by atoms with Gasteiger partial charge in [-0.3, -0.25) is 0 Å². The molecule has 0 amide bonds. The van der Waals surface area contributed by atoms with E-state index in [-0.39, 0.29) is 5.82 Å². The lowest BCUT2D eigenvalue weighted by Crippen LogP contribution is -2.11. The van der Waals surface area contributed by atoms with Gasteiger partial charge in [0.15, 0.2) is 0 Å². The maximum atomic E-state index is 11.2. The minimum absolute atomic E-state index is 0.0882. The van der Waals surface area contributed by atoms with Crippen LogP contribution in [0.1, 0.15) is 24.5 Å². The highest BCUT2D eigenvalue weighted by molar-refractivity contribution is 5.85. The Morgan fingerprint density at radius 3 is 3.00 bits per heavy atom. The molecule has 0 aliphatic heterocycles. The molecule has 0 saturated carbocycles. The first-order valence-electron chi connectivity index (χ1n) is 4.52. The Hall–Kier alpha value is -1.65. The van der Waals surface area contributed by atoms with Crippen LogP contribution in [0.3, 0.4) is 0 Å². The lowest BCUT2D eigenvalue weighted by Gasteiger charge is -2.03. The number of esters is 1. The first-order chi connectivity index (χ1) is 6.77. The maximum Gasteiger partial charge on any atom is 0.376 e. The van der Waals surface area contributed by atoms with Crippen LogP contribution in [-0.4, -0.2) is 29.1 Å². The number of ether oxygens (including phenoxy) is 1. The zero-order valence-corrected chi connectivity index (χ0v) is 8.28. The Morgan fingerprint density at radius 1 is 1.57 bits per heavy atom. The van der Waals surface area contributed by atoms with Gasteiger partial charge in [-0.05, 0) is 19.9 Å². The molecule has 14 heavy (non-hydrogen) atoms. The predicted octanol–water partition coefficient (Wildman–Crippen LogP) is 1.09. The van der Waals surface area contributed by atoms with Crippen molar-refractivity contribution in [2.45, 2.75) is 13.8 Å². The number of aromatic nitrogens is 2. The summed E-state index contributed by atoms with van der Waals surface area (Å²) in [6.45, 7) is 4.77. The third-order valence-electron chi connectivity index (χ3n) is 1.47. The van der Waals surface area contributed by atoms with Crippen molar-refractivity contribution in [2.75, 3.05) is 18.5 Å². The molecule has 0 spiro atoms. The topological polar surface area (TPSA) is 64.1 Å². The Balaban J connectivity index is 2.77. The highest BCUT2D eigenvalue weighted by atomic mass is 16.5. The van der Waals surface area contributed by atoms with Gasteiger partial charge in [0.25, 0.3) is 0 Å². The molecule has 0 aliphatic carbocycles. The van der Waals surface area contributed by atoms with E-state index in [1.165, 1.54) is 6.20 Å². The SMILES string of the molecule is CCNc1ccnc(C(=O)OCC)n1.